The van der Waals surface area contributed by atoms with Gasteiger partial charge >= 0.3 is 0 Å². The van der Waals surface area contributed by atoms with Crippen LogP contribution in [0, 0.1) is 5.92 Å². The van der Waals surface area contributed by atoms with Crippen LogP contribution in [0.1, 0.15) is 37.8 Å². The first kappa shape index (κ1) is 16.0. The highest BCUT2D eigenvalue weighted by Crippen LogP contribution is 2.33. The lowest BCUT2D eigenvalue weighted by Gasteiger charge is -2.45. The largest absolute Gasteiger partial charge is 0.329 e. The molecule has 1 aliphatic carbocycles. The summed E-state index contributed by atoms with van der Waals surface area (Å²) >= 11 is 3.57. The van der Waals surface area contributed by atoms with Crippen molar-refractivity contribution >= 4 is 15.9 Å². The monoisotopic (exact) mass is 338 g/mol. The molecule has 0 saturated heterocycles. The normalized spacial score (nSPS) is 22.4. The minimum Gasteiger partial charge on any atom is -0.329 e. The second-order valence-electron chi connectivity index (χ2n) is 6.62. The van der Waals surface area contributed by atoms with Gasteiger partial charge in [0.1, 0.15) is 0 Å². The van der Waals surface area contributed by atoms with Crippen LogP contribution in [-0.4, -0.2) is 30.6 Å². The van der Waals surface area contributed by atoms with Crippen molar-refractivity contribution in [3.63, 3.8) is 0 Å². The quantitative estimate of drug-likeness (QED) is 0.888. The summed E-state index contributed by atoms with van der Waals surface area (Å²) in [5, 5.41) is 0. The number of nitrogens with two attached hydrogens (primary N) is 1. The molecule has 0 bridgehead atoms. The molecule has 0 aliphatic heterocycles. The Balaban J connectivity index is 2.15. The summed E-state index contributed by atoms with van der Waals surface area (Å²) < 4.78 is 1.18. The van der Waals surface area contributed by atoms with Crippen molar-refractivity contribution in [3.05, 3.63) is 33.8 Å². The third-order valence-corrected chi connectivity index (χ3v) is 5.27. The first-order valence-corrected chi connectivity index (χ1v) is 8.45. The van der Waals surface area contributed by atoms with Gasteiger partial charge in [0, 0.05) is 16.6 Å². The summed E-state index contributed by atoms with van der Waals surface area (Å²) in [5.74, 6) is 0.749. The van der Waals surface area contributed by atoms with E-state index in [0.717, 1.165) is 31.8 Å². The van der Waals surface area contributed by atoms with Crippen molar-refractivity contribution in [2.75, 3.05) is 20.1 Å². The van der Waals surface area contributed by atoms with E-state index >= 15 is 0 Å². The van der Waals surface area contributed by atoms with Crippen molar-refractivity contribution in [2.24, 2.45) is 11.7 Å². The molecule has 1 aliphatic rings. The van der Waals surface area contributed by atoms with Crippen LogP contribution in [0.4, 0.5) is 0 Å². The molecule has 0 amide bonds. The SMILES string of the molecule is CC(C)CCN(C)C1(CN)CCc2cc(Br)ccc2C1. The number of hydrogen-bond donors (Lipinski definition) is 1. The van der Waals surface area contributed by atoms with E-state index in [0.29, 0.717) is 0 Å². The van der Waals surface area contributed by atoms with Gasteiger partial charge in [0.25, 0.3) is 0 Å². The number of halogens is 1. The summed E-state index contributed by atoms with van der Waals surface area (Å²) in [7, 11) is 2.25. The molecule has 0 heterocycles. The van der Waals surface area contributed by atoms with E-state index in [1.54, 1.807) is 0 Å². The Labute approximate surface area is 131 Å². The average Bonchev–Trinajstić information content (AvgIpc) is 2.44. The molecule has 0 radical (unpaired) electrons. The summed E-state index contributed by atoms with van der Waals surface area (Å²) in [4.78, 5) is 2.51. The standard InChI is InChI=1S/C17H27BrN2/c1-13(2)7-9-20(3)17(12-19)8-6-14-10-16(18)5-4-15(14)11-17/h4-5,10,13H,6-9,11-12,19H2,1-3H3. The van der Waals surface area contributed by atoms with Gasteiger partial charge in [0.2, 0.25) is 0 Å². The van der Waals surface area contributed by atoms with Crippen LogP contribution in [0.5, 0.6) is 0 Å². The van der Waals surface area contributed by atoms with Crippen molar-refractivity contribution < 1.29 is 0 Å². The second-order valence-corrected chi connectivity index (χ2v) is 7.54. The van der Waals surface area contributed by atoms with E-state index in [2.05, 4.69) is 59.9 Å². The summed E-state index contributed by atoms with van der Waals surface area (Å²) in [6.07, 6.45) is 4.63. The van der Waals surface area contributed by atoms with Crippen LogP contribution in [-0.2, 0) is 12.8 Å². The fourth-order valence-electron chi connectivity index (χ4n) is 3.15. The highest BCUT2D eigenvalue weighted by Gasteiger charge is 2.36. The summed E-state index contributed by atoms with van der Waals surface area (Å²) in [6.45, 7) is 6.46. The maximum atomic E-state index is 6.18. The van der Waals surface area contributed by atoms with E-state index in [4.69, 9.17) is 5.73 Å². The molecular formula is C17H27BrN2. The zero-order valence-electron chi connectivity index (χ0n) is 13.0. The molecule has 0 fully saturated rings. The van der Waals surface area contributed by atoms with Gasteiger partial charge in [-0.1, -0.05) is 35.8 Å². The third kappa shape index (κ3) is 3.44. The molecule has 112 valence electrons. The molecule has 2 nitrogen and oxygen atoms in total. The second kappa shape index (κ2) is 6.59. The van der Waals surface area contributed by atoms with E-state index in [9.17, 15) is 0 Å². The van der Waals surface area contributed by atoms with Crippen molar-refractivity contribution in [2.45, 2.75) is 45.1 Å². The first-order valence-electron chi connectivity index (χ1n) is 7.65. The van der Waals surface area contributed by atoms with Gasteiger partial charge in [0.15, 0.2) is 0 Å². The van der Waals surface area contributed by atoms with Crippen LogP contribution in [0.25, 0.3) is 0 Å². The van der Waals surface area contributed by atoms with Gasteiger partial charge in [-0.05, 0) is 68.5 Å². The van der Waals surface area contributed by atoms with Crippen LogP contribution in [0.3, 0.4) is 0 Å². The van der Waals surface area contributed by atoms with Gasteiger partial charge < -0.3 is 5.73 Å². The van der Waals surface area contributed by atoms with Gasteiger partial charge in [-0.25, -0.2) is 0 Å². The number of likely N-dealkylation sites (N-methyl/N-ethyl adjacent to an activating group) is 1. The number of fused-ring (bicyclic) bond motifs is 1. The predicted octanol–water partition coefficient (Wildman–Crippen LogP) is 3.61. The highest BCUT2D eigenvalue weighted by atomic mass is 79.9. The number of hydrogen-bond acceptors (Lipinski definition) is 2. The summed E-state index contributed by atoms with van der Waals surface area (Å²) in [6, 6.07) is 6.68. The maximum absolute atomic E-state index is 6.18. The van der Waals surface area contributed by atoms with Gasteiger partial charge in [-0.2, -0.15) is 0 Å². The predicted molar refractivity (Wildman–Crippen MR) is 90.0 cm³/mol. The minimum absolute atomic E-state index is 0.149. The fourth-order valence-corrected chi connectivity index (χ4v) is 3.56. The lowest BCUT2D eigenvalue weighted by atomic mass is 9.77. The molecular weight excluding hydrogens is 312 g/mol. The molecule has 1 aromatic rings. The molecule has 2 rings (SSSR count). The van der Waals surface area contributed by atoms with Gasteiger partial charge in [-0.15, -0.1) is 0 Å². The Hall–Kier alpha value is -0.380. The number of benzene rings is 1. The van der Waals surface area contributed by atoms with Crippen LogP contribution in [0.2, 0.25) is 0 Å². The number of aryl methyl sites for hydroxylation is 1. The van der Waals surface area contributed by atoms with E-state index in [1.165, 1.54) is 28.4 Å². The minimum atomic E-state index is 0.149. The Morgan fingerprint density at radius 2 is 2.10 bits per heavy atom. The van der Waals surface area contributed by atoms with Crippen LogP contribution in [0.15, 0.2) is 22.7 Å². The van der Waals surface area contributed by atoms with E-state index < -0.39 is 0 Å². The first-order chi connectivity index (χ1) is 9.47. The van der Waals surface area contributed by atoms with Crippen LogP contribution < -0.4 is 5.73 Å². The molecule has 0 saturated carbocycles. The average molecular weight is 339 g/mol. The lowest BCUT2D eigenvalue weighted by Crippen LogP contribution is -2.55. The van der Waals surface area contributed by atoms with Crippen molar-refractivity contribution in [1.29, 1.82) is 0 Å². The molecule has 1 atom stereocenters. The molecule has 0 aromatic heterocycles. The molecule has 3 heteroatoms. The zero-order valence-corrected chi connectivity index (χ0v) is 14.5. The Kier molecular flexibility index (Phi) is 5.27. The number of nitrogens with zero attached hydrogens (tertiary/aromatic N) is 1. The number of rotatable bonds is 5. The Bertz CT molecular complexity index is 458. The van der Waals surface area contributed by atoms with Crippen molar-refractivity contribution in [3.8, 4) is 0 Å². The molecule has 20 heavy (non-hydrogen) atoms. The van der Waals surface area contributed by atoms with E-state index in [1.807, 2.05) is 0 Å². The molecule has 0 spiro atoms. The third-order valence-electron chi connectivity index (χ3n) is 4.78. The Morgan fingerprint density at radius 3 is 2.75 bits per heavy atom. The van der Waals surface area contributed by atoms with E-state index in [-0.39, 0.29) is 5.54 Å². The zero-order chi connectivity index (χ0) is 14.8. The summed E-state index contributed by atoms with van der Waals surface area (Å²) in [5.41, 5.74) is 9.29. The lowest BCUT2D eigenvalue weighted by molar-refractivity contribution is 0.103. The topological polar surface area (TPSA) is 29.3 Å². The van der Waals surface area contributed by atoms with Crippen molar-refractivity contribution in [1.82, 2.24) is 4.90 Å². The fraction of sp³-hybridized carbons (Fsp3) is 0.647. The van der Waals surface area contributed by atoms with Gasteiger partial charge in [-0.3, -0.25) is 4.90 Å². The highest BCUT2D eigenvalue weighted by molar-refractivity contribution is 9.10. The smallest absolute Gasteiger partial charge is 0.0372 e. The van der Waals surface area contributed by atoms with Gasteiger partial charge in [0.05, 0.1) is 0 Å². The molecule has 1 unspecified atom stereocenters. The maximum Gasteiger partial charge on any atom is 0.0372 e. The molecule has 2 N–H and O–H groups in total. The Morgan fingerprint density at radius 1 is 1.35 bits per heavy atom. The van der Waals surface area contributed by atoms with Crippen LogP contribution >= 0.6 is 15.9 Å². The molecule has 1 aromatic carbocycles.